The van der Waals surface area contributed by atoms with E-state index >= 15 is 0 Å². The number of hydrogen-bond acceptors (Lipinski definition) is 3. The number of halogens is 1. The monoisotopic (exact) mass is 262 g/mol. The lowest BCUT2D eigenvalue weighted by atomic mass is 10.2. The Hall–Kier alpha value is -2.07. The maximum absolute atomic E-state index is 10.6. The van der Waals surface area contributed by atoms with Crippen molar-refractivity contribution in [3.05, 3.63) is 69.2 Å². The van der Waals surface area contributed by atoms with E-state index < -0.39 is 4.92 Å². The lowest BCUT2D eigenvalue weighted by Gasteiger charge is -2.08. The Morgan fingerprint density at radius 2 is 1.89 bits per heavy atom. The van der Waals surface area contributed by atoms with Crippen LogP contribution >= 0.6 is 11.6 Å². The molecule has 0 aliphatic carbocycles. The number of hydrogen-bond donors (Lipinski definition) is 1. The summed E-state index contributed by atoms with van der Waals surface area (Å²) in [5.74, 6) is 0. The highest BCUT2D eigenvalue weighted by atomic mass is 35.5. The molecule has 0 aliphatic heterocycles. The van der Waals surface area contributed by atoms with Crippen LogP contribution in [-0.4, -0.2) is 4.92 Å². The Bertz CT molecular complexity index is 558. The fraction of sp³-hybridized carbons (Fsp3) is 0.0769. The topological polar surface area (TPSA) is 55.2 Å². The molecule has 0 unspecified atom stereocenters. The minimum Gasteiger partial charge on any atom is -0.380 e. The lowest BCUT2D eigenvalue weighted by Crippen LogP contribution is -2.00. The Balaban J connectivity index is 2.08. The second kappa shape index (κ2) is 5.51. The van der Waals surface area contributed by atoms with Crippen molar-refractivity contribution in [2.45, 2.75) is 6.54 Å². The van der Waals surface area contributed by atoms with Crippen molar-refractivity contribution in [2.24, 2.45) is 0 Å². The van der Waals surface area contributed by atoms with Crippen molar-refractivity contribution in [3.63, 3.8) is 0 Å². The van der Waals surface area contributed by atoms with Gasteiger partial charge in [-0.15, -0.1) is 0 Å². The van der Waals surface area contributed by atoms with Gasteiger partial charge in [-0.25, -0.2) is 0 Å². The average Bonchev–Trinajstić information content (AvgIpc) is 2.38. The van der Waals surface area contributed by atoms with Crippen LogP contribution in [-0.2, 0) is 6.54 Å². The van der Waals surface area contributed by atoms with Gasteiger partial charge in [0.1, 0.15) is 0 Å². The van der Waals surface area contributed by atoms with Crippen molar-refractivity contribution in [1.82, 2.24) is 0 Å². The zero-order valence-electron chi connectivity index (χ0n) is 9.47. The largest absolute Gasteiger partial charge is 0.380 e. The van der Waals surface area contributed by atoms with Gasteiger partial charge in [-0.3, -0.25) is 10.1 Å². The van der Waals surface area contributed by atoms with Crippen molar-refractivity contribution in [2.75, 3.05) is 5.32 Å². The Labute approximate surface area is 109 Å². The summed E-state index contributed by atoms with van der Waals surface area (Å²) < 4.78 is 0. The fourth-order valence-corrected chi connectivity index (χ4v) is 1.80. The molecule has 0 saturated carbocycles. The van der Waals surface area contributed by atoms with Gasteiger partial charge in [-0.05, 0) is 11.6 Å². The Morgan fingerprint density at radius 3 is 2.50 bits per heavy atom. The smallest absolute Gasteiger partial charge is 0.271 e. The van der Waals surface area contributed by atoms with E-state index in [1.165, 1.54) is 12.1 Å². The molecule has 0 amide bonds. The number of nitro groups is 1. The average molecular weight is 263 g/mol. The molecule has 2 aromatic rings. The molecule has 18 heavy (non-hydrogen) atoms. The number of non-ortho nitro benzene ring substituents is 1. The maximum Gasteiger partial charge on any atom is 0.271 e. The van der Waals surface area contributed by atoms with E-state index in [0.717, 1.165) is 5.56 Å². The molecular weight excluding hydrogens is 252 g/mol. The van der Waals surface area contributed by atoms with Crippen LogP contribution in [0, 0.1) is 10.1 Å². The van der Waals surface area contributed by atoms with E-state index in [-0.39, 0.29) is 5.69 Å². The number of rotatable bonds is 4. The standard InChI is InChI=1S/C13H11ClN2O2/c14-12-8-11(16(17)18)6-7-13(12)15-9-10-4-2-1-3-5-10/h1-8,15H,9H2. The summed E-state index contributed by atoms with van der Waals surface area (Å²) in [6.45, 7) is 0.623. The highest BCUT2D eigenvalue weighted by Crippen LogP contribution is 2.26. The molecule has 1 N–H and O–H groups in total. The van der Waals surface area contributed by atoms with Crippen LogP contribution < -0.4 is 5.32 Å². The Kier molecular flexibility index (Phi) is 3.79. The van der Waals surface area contributed by atoms with Gasteiger partial charge in [0.15, 0.2) is 0 Å². The Morgan fingerprint density at radius 1 is 1.17 bits per heavy atom. The molecule has 2 aromatic carbocycles. The molecule has 2 rings (SSSR count). The van der Waals surface area contributed by atoms with Crippen LogP contribution in [0.3, 0.4) is 0 Å². The third-order valence-electron chi connectivity index (χ3n) is 2.49. The van der Waals surface area contributed by atoms with Gasteiger partial charge in [-0.1, -0.05) is 41.9 Å². The summed E-state index contributed by atoms with van der Waals surface area (Å²) in [7, 11) is 0. The van der Waals surface area contributed by atoms with Crippen molar-refractivity contribution in [3.8, 4) is 0 Å². The van der Waals surface area contributed by atoms with Gasteiger partial charge in [0.05, 0.1) is 15.6 Å². The second-order valence-electron chi connectivity index (χ2n) is 3.76. The third-order valence-corrected chi connectivity index (χ3v) is 2.80. The summed E-state index contributed by atoms with van der Waals surface area (Å²) in [5, 5.41) is 14.1. The normalized spacial score (nSPS) is 10.1. The van der Waals surface area contributed by atoms with E-state index in [9.17, 15) is 10.1 Å². The molecule has 4 nitrogen and oxygen atoms in total. The molecule has 0 aliphatic rings. The number of nitro benzene ring substituents is 1. The predicted molar refractivity (Wildman–Crippen MR) is 71.9 cm³/mol. The molecule has 0 bridgehead atoms. The molecule has 0 aromatic heterocycles. The summed E-state index contributed by atoms with van der Waals surface area (Å²) in [5.41, 5.74) is 1.79. The van der Waals surface area contributed by atoms with E-state index in [0.29, 0.717) is 17.3 Å². The minimum absolute atomic E-state index is 0.00902. The SMILES string of the molecule is O=[N+]([O-])c1ccc(NCc2ccccc2)c(Cl)c1. The van der Waals surface area contributed by atoms with Gasteiger partial charge < -0.3 is 5.32 Å². The van der Waals surface area contributed by atoms with Gasteiger partial charge in [0, 0.05) is 18.7 Å². The van der Waals surface area contributed by atoms with Crippen LogP contribution in [0.25, 0.3) is 0 Å². The highest BCUT2D eigenvalue weighted by Gasteiger charge is 2.08. The van der Waals surface area contributed by atoms with E-state index in [1.807, 2.05) is 30.3 Å². The number of benzene rings is 2. The second-order valence-corrected chi connectivity index (χ2v) is 4.17. The summed E-state index contributed by atoms with van der Waals surface area (Å²) in [4.78, 5) is 10.1. The first-order chi connectivity index (χ1) is 8.66. The third kappa shape index (κ3) is 2.99. The minimum atomic E-state index is -0.465. The highest BCUT2D eigenvalue weighted by molar-refractivity contribution is 6.33. The van der Waals surface area contributed by atoms with Crippen LogP contribution in [0.2, 0.25) is 5.02 Å². The molecule has 5 heteroatoms. The summed E-state index contributed by atoms with van der Waals surface area (Å²) in [6.07, 6.45) is 0. The van der Waals surface area contributed by atoms with E-state index in [2.05, 4.69) is 5.32 Å². The maximum atomic E-state index is 10.6. The number of nitrogens with zero attached hydrogens (tertiary/aromatic N) is 1. The number of nitrogens with one attached hydrogen (secondary N) is 1. The molecule has 0 heterocycles. The van der Waals surface area contributed by atoms with Crippen LogP contribution in [0.5, 0.6) is 0 Å². The quantitative estimate of drug-likeness (QED) is 0.672. The first kappa shape index (κ1) is 12.4. The summed E-state index contributed by atoms with van der Waals surface area (Å²) in [6, 6.07) is 14.2. The van der Waals surface area contributed by atoms with Crippen molar-refractivity contribution in [1.29, 1.82) is 0 Å². The molecule has 0 radical (unpaired) electrons. The fourth-order valence-electron chi connectivity index (χ4n) is 1.55. The van der Waals surface area contributed by atoms with Gasteiger partial charge in [0.25, 0.3) is 5.69 Å². The zero-order valence-corrected chi connectivity index (χ0v) is 10.2. The summed E-state index contributed by atoms with van der Waals surface area (Å²) >= 11 is 5.97. The predicted octanol–water partition coefficient (Wildman–Crippen LogP) is 3.86. The van der Waals surface area contributed by atoms with Gasteiger partial charge in [0.2, 0.25) is 0 Å². The first-order valence-electron chi connectivity index (χ1n) is 5.38. The zero-order chi connectivity index (χ0) is 13.0. The lowest BCUT2D eigenvalue weighted by molar-refractivity contribution is -0.384. The molecular formula is C13H11ClN2O2. The molecule has 0 spiro atoms. The van der Waals surface area contributed by atoms with Crippen LogP contribution in [0.15, 0.2) is 48.5 Å². The van der Waals surface area contributed by atoms with Crippen LogP contribution in [0.4, 0.5) is 11.4 Å². The molecule has 0 fully saturated rings. The number of anilines is 1. The van der Waals surface area contributed by atoms with Gasteiger partial charge >= 0.3 is 0 Å². The van der Waals surface area contributed by atoms with Crippen LogP contribution in [0.1, 0.15) is 5.56 Å². The van der Waals surface area contributed by atoms with E-state index in [4.69, 9.17) is 11.6 Å². The molecule has 92 valence electrons. The van der Waals surface area contributed by atoms with E-state index in [1.54, 1.807) is 6.07 Å². The van der Waals surface area contributed by atoms with Gasteiger partial charge in [-0.2, -0.15) is 0 Å². The van der Waals surface area contributed by atoms with Crippen molar-refractivity contribution >= 4 is 23.0 Å². The first-order valence-corrected chi connectivity index (χ1v) is 5.76. The van der Waals surface area contributed by atoms with Crippen molar-refractivity contribution < 1.29 is 4.92 Å². The molecule has 0 saturated heterocycles. The molecule has 0 atom stereocenters.